The Bertz CT molecular complexity index is 3120. The minimum atomic E-state index is -1.34. The van der Waals surface area contributed by atoms with Crippen molar-refractivity contribution in [3.05, 3.63) is 215 Å². The van der Waals surface area contributed by atoms with Crippen LogP contribution in [0.5, 0.6) is 0 Å². The average Bonchev–Trinajstić information content (AvgIpc) is 1.77. The number of nitrogens with zero attached hydrogens (tertiary/aromatic N) is 1. The number of hydrogen-bond donors (Lipinski definition) is 1. The highest BCUT2D eigenvalue weighted by Crippen LogP contribution is 2.37. The molecule has 0 saturated carbocycles. The van der Waals surface area contributed by atoms with Crippen LogP contribution < -0.4 is 0 Å². The number of methoxy groups -OCH3 is 1. The van der Waals surface area contributed by atoms with E-state index in [9.17, 15) is 24.3 Å². The van der Waals surface area contributed by atoms with Crippen molar-refractivity contribution in [2.75, 3.05) is 46.6 Å². The summed E-state index contributed by atoms with van der Waals surface area (Å²) >= 11 is 0. The van der Waals surface area contributed by atoms with Crippen molar-refractivity contribution in [3.8, 4) is 0 Å². The number of carbonyl (C=O) groups is 4. The Balaban J connectivity index is 0.933. The molecule has 19 nitrogen and oxygen atoms in total. The van der Waals surface area contributed by atoms with Gasteiger partial charge in [-0.25, -0.2) is 14.4 Å². The summed E-state index contributed by atoms with van der Waals surface area (Å²) in [5.74, 6) is -2.10. The van der Waals surface area contributed by atoms with Gasteiger partial charge in [0, 0.05) is 25.6 Å². The summed E-state index contributed by atoms with van der Waals surface area (Å²) in [6.07, 6.45) is -5.53. The van der Waals surface area contributed by atoms with Crippen LogP contribution in [0.1, 0.15) is 106 Å². The highest BCUT2D eigenvalue weighted by molar-refractivity contribution is 5.90. The topological polar surface area (TPSA) is 212 Å². The molecule has 6 aromatic rings. The lowest BCUT2D eigenvalue weighted by atomic mass is 10.1. The minimum absolute atomic E-state index is 0.0360. The second-order valence-corrected chi connectivity index (χ2v) is 23.1. The highest BCUT2D eigenvalue weighted by atomic mass is 16.8. The number of aliphatic hydroxyl groups is 1. The fraction of sp³-hybridized carbons (Fsp3) is 0.444. The summed E-state index contributed by atoms with van der Waals surface area (Å²) in [5, 5.41) is 10.4. The SMILES string of the molecule is COC(=O)CCCCCCCCO[C@H]1O[C@H](CO[C@H]2O[C@H](CO[C@H]3O[C@H](CN4CCC[C@H]4CO)[C@@H](OCc4ccccc4)[C@@H]3OC(=O)c3ccccc3)[C@@H](OCc3ccccc3)[C@@H]2OC(=O)c2ccccc2)[C@@H](OCc2ccccc2)[C@@H]1OC(=O)c1ccccc1. The molecule has 0 aliphatic carbocycles. The van der Waals surface area contributed by atoms with Gasteiger partial charge in [-0.2, -0.15) is 0 Å². The standard InChI is InChI=1S/C72H83NO18/c1-79-60(75)40-24-4-2-3-5-25-42-80-70-65(90-68(77)54-35-20-10-21-36-54)62(82-46-51-29-14-7-15-30-51)58(87-70)48-85-72-66(91-69(78)55-37-22-11-23-38-55)63(83-47-52-31-16-8-17-32-52)59(88-72)49-84-71-64(89-67(76)53-33-18-9-19-34-53)61(81-45-50-27-12-6-13-28-50)57(86-71)43-73-41-26-39-56(73)44-74/h6-23,27-38,56-59,61-66,70-72,74H,2-5,24-26,39-49H2,1H3/t56-,57+,58+,59+,61+,62+,63+,64-,65-,66-,70-,71-,72-/m0/s1. The van der Waals surface area contributed by atoms with Crippen LogP contribution in [0.25, 0.3) is 0 Å². The summed E-state index contributed by atoms with van der Waals surface area (Å²) in [4.78, 5) is 56.4. The predicted molar refractivity (Wildman–Crippen MR) is 332 cm³/mol. The minimum Gasteiger partial charge on any atom is -0.469 e. The van der Waals surface area contributed by atoms with E-state index in [1.54, 1.807) is 78.9 Å². The van der Waals surface area contributed by atoms with Crippen molar-refractivity contribution in [2.45, 2.75) is 157 Å². The Hall–Kier alpha value is -7.24. The summed E-state index contributed by atoms with van der Waals surface area (Å²) in [5.41, 5.74) is 3.49. The molecule has 4 heterocycles. The molecule has 4 aliphatic rings. The first-order valence-corrected chi connectivity index (χ1v) is 31.7. The monoisotopic (exact) mass is 1250 g/mol. The van der Waals surface area contributed by atoms with Crippen LogP contribution in [-0.2, 0) is 86.2 Å². The van der Waals surface area contributed by atoms with Crippen LogP contribution in [0.15, 0.2) is 182 Å². The highest BCUT2D eigenvalue weighted by Gasteiger charge is 2.55. The van der Waals surface area contributed by atoms with Crippen LogP contribution in [-0.4, -0.2) is 160 Å². The van der Waals surface area contributed by atoms with E-state index in [1.807, 2.05) is 103 Å². The van der Waals surface area contributed by atoms with Crippen LogP contribution >= 0.6 is 0 Å². The summed E-state index contributed by atoms with van der Waals surface area (Å²) in [7, 11) is 1.39. The van der Waals surface area contributed by atoms with E-state index in [1.165, 1.54) is 7.11 Å². The van der Waals surface area contributed by atoms with Gasteiger partial charge < -0.3 is 66.7 Å². The number of carbonyl (C=O) groups excluding carboxylic acids is 4. The van der Waals surface area contributed by atoms with Crippen molar-refractivity contribution in [1.82, 2.24) is 4.90 Å². The molecule has 19 heteroatoms. The fourth-order valence-electron chi connectivity index (χ4n) is 11.8. The Morgan fingerprint density at radius 3 is 1.21 bits per heavy atom. The van der Waals surface area contributed by atoms with Crippen LogP contribution in [0.3, 0.4) is 0 Å². The van der Waals surface area contributed by atoms with Crippen molar-refractivity contribution in [1.29, 1.82) is 0 Å². The van der Waals surface area contributed by atoms with E-state index >= 15 is 0 Å². The van der Waals surface area contributed by atoms with Crippen molar-refractivity contribution >= 4 is 23.9 Å². The maximum Gasteiger partial charge on any atom is 0.338 e. The lowest BCUT2D eigenvalue weighted by Crippen LogP contribution is -2.45. The molecule has 0 aromatic heterocycles. The molecule has 1 N–H and O–H groups in total. The molecule has 0 amide bonds. The summed E-state index contributed by atoms with van der Waals surface area (Å²) < 4.78 is 84.8. The van der Waals surface area contributed by atoms with E-state index in [4.69, 9.17) is 61.6 Å². The Labute approximate surface area is 532 Å². The van der Waals surface area contributed by atoms with E-state index in [0.29, 0.717) is 30.5 Å². The van der Waals surface area contributed by atoms with Crippen LogP contribution in [0.2, 0.25) is 0 Å². The molecule has 0 radical (unpaired) electrons. The zero-order valence-corrected chi connectivity index (χ0v) is 51.4. The van der Waals surface area contributed by atoms with Gasteiger partial charge in [0.2, 0.25) is 0 Å². The van der Waals surface area contributed by atoms with E-state index in [0.717, 1.165) is 68.2 Å². The second-order valence-electron chi connectivity index (χ2n) is 23.1. The Morgan fingerprint density at radius 2 is 0.802 bits per heavy atom. The number of rotatable bonds is 34. The number of esters is 4. The molecule has 91 heavy (non-hydrogen) atoms. The van der Waals surface area contributed by atoms with E-state index in [-0.39, 0.29) is 63.8 Å². The summed E-state index contributed by atoms with van der Waals surface area (Å²) in [6, 6.07) is 54.5. The van der Waals surface area contributed by atoms with Gasteiger partial charge in [-0.05, 0) is 85.3 Å². The number of likely N-dealkylation sites (tertiary alicyclic amines) is 1. The normalized spacial score (nSPS) is 25.5. The third kappa shape index (κ3) is 19.2. The van der Waals surface area contributed by atoms with Gasteiger partial charge in [0.15, 0.2) is 37.2 Å². The van der Waals surface area contributed by atoms with Gasteiger partial charge in [0.1, 0.15) is 36.6 Å². The third-order valence-electron chi connectivity index (χ3n) is 16.7. The van der Waals surface area contributed by atoms with Gasteiger partial charge >= 0.3 is 23.9 Å². The zero-order chi connectivity index (χ0) is 63.0. The summed E-state index contributed by atoms with van der Waals surface area (Å²) in [6.45, 7) is 1.15. The number of aliphatic hydroxyl groups excluding tert-OH is 1. The average molecular weight is 1250 g/mol. The number of benzene rings is 6. The lowest BCUT2D eigenvalue weighted by Gasteiger charge is -2.29. The molecule has 0 unspecified atom stereocenters. The first-order valence-electron chi connectivity index (χ1n) is 31.7. The second kappa shape index (κ2) is 35.0. The maximum atomic E-state index is 14.4. The van der Waals surface area contributed by atoms with Gasteiger partial charge in [-0.1, -0.05) is 171 Å². The lowest BCUT2D eigenvalue weighted by molar-refractivity contribution is -0.219. The van der Waals surface area contributed by atoms with Gasteiger partial charge in [-0.3, -0.25) is 9.69 Å². The molecule has 10 rings (SSSR count). The Kier molecular flexibility index (Phi) is 25.6. The predicted octanol–water partition coefficient (Wildman–Crippen LogP) is 10.0. The third-order valence-corrected chi connectivity index (χ3v) is 16.7. The first kappa shape index (κ1) is 66.7. The quantitative estimate of drug-likeness (QED) is 0.0226. The molecule has 0 bridgehead atoms. The molecular formula is C72H83NO18. The first-order chi connectivity index (χ1) is 44.7. The zero-order valence-electron chi connectivity index (χ0n) is 51.4. The van der Waals surface area contributed by atoms with Crippen LogP contribution in [0, 0.1) is 0 Å². The molecular weight excluding hydrogens is 1170 g/mol. The fourth-order valence-corrected chi connectivity index (χ4v) is 11.8. The molecule has 4 aliphatic heterocycles. The molecule has 484 valence electrons. The van der Waals surface area contributed by atoms with Crippen molar-refractivity contribution < 1.29 is 85.9 Å². The van der Waals surface area contributed by atoms with Gasteiger partial charge in [0.05, 0.1) is 63.4 Å². The maximum absolute atomic E-state index is 14.4. The van der Waals surface area contributed by atoms with E-state index < -0.39 is 91.7 Å². The Morgan fingerprint density at radius 1 is 0.440 bits per heavy atom. The van der Waals surface area contributed by atoms with E-state index in [2.05, 4.69) is 4.90 Å². The number of ether oxygens (including phenoxy) is 13. The number of hydrogen-bond acceptors (Lipinski definition) is 19. The van der Waals surface area contributed by atoms with Crippen molar-refractivity contribution in [3.63, 3.8) is 0 Å². The molecule has 13 atom stereocenters. The largest absolute Gasteiger partial charge is 0.469 e. The smallest absolute Gasteiger partial charge is 0.338 e. The van der Waals surface area contributed by atoms with Crippen LogP contribution in [0.4, 0.5) is 0 Å². The molecule has 0 spiro atoms. The van der Waals surface area contributed by atoms with Gasteiger partial charge in [0.25, 0.3) is 0 Å². The van der Waals surface area contributed by atoms with Crippen molar-refractivity contribution in [2.24, 2.45) is 0 Å². The molecule has 4 fully saturated rings. The molecule has 4 saturated heterocycles. The number of unbranched alkanes of at least 4 members (excludes halogenated alkanes) is 5. The van der Waals surface area contributed by atoms with Gasteiger partial charge in [-0.15, -0.1) is 0 Å². The molecule has 6 aromatic carbocycles.